The Morgan fingerprint density at radius 2 is 1.93 bits per heavy atom. The highest BCUT2D eigenvalue weighted by Gasteiger charge is 2.33. The lowest BCUT2D eigenvalue weighted by molar-refractivity contribution is -0.141. The lowest BCUT2D eigenvalue weighted by atomic mass is 10.2. The first-order valence-electron chi connectivity index (χ1n) is 8.20. The summed E-state index contributed by atoms with van der Waals surface area (Å²) in [6.45, 7) is -0.635. The van der Waals surface area contributed by atoms with Crippen LogP contribution in [0, 0.1) is 11.6 Å². The Labute approximate surface area is 162 Å². The minimum absolute atomic E-state index is 0.0120. The molecule has 0 spiro atoms. The van der Waals surface area contributed by atoms with Crippen LogP contribution in [0.15, 0.2) is 41.5 Å². The van der Waals surface area contributed by atoms with E-state index in [1.54, 1.807) is 0 Å². The van der Waals surface area contributed by atoms with Crippen LogP contribution < -0.4 is 10.9 Å². The third kappa shape index (κ3) is 3.33. The molecule has 4 aromatic heterocycles. The number of hydrogen-bond acceptors (Lipinski definition) is 5. The maximum absolute atomic E-state index is 13.7. The zero-order valence-corrected chi connectivity index (χ0v) is 14.6. The molecule has 0 radical (unpaired) electrons. The van der Waals surface area contributed by atoms with Gasteiger partial charge in [0.15, 0.2) is 17.3 Å². The zero-order valence-electron chi connectivity index (χ0n) is 14.6. The average Bonchev–Trinajstić information content (AvgIpc) is 3.16. The molecule has 0 fully saturated rings. The van der Waals surface area contributed by atoms with Crippen molar-refractivity contribution in [2.75, 3.05) is 5.32 Å². The number of nitrogens with zero attached hydrogens (tertiary/aromatic N) is 5. The summed E-state index contributed by atoms with van der Waals surface area (Å²) >= 11 is 0. The van der Waals surface area contributed by atoms with E-state index < -0.39 is 47.3 Å². The van der Waals surface area contributed by atoms with E-state index in [0.29, 0.717) is 18.3 Å². The number of aromatic nitrogens is 5. The number of fused-ring (bicyclic) bond motifs is 3. The Kier molecular flexibility index (Phi) is 4.44. The second-order valence-electron chi connectivity index (χ2n) is 6.09. The number of amides is 1. The molecule has 13 heteroatoms. The van der Waals surface area contributed by atoms with Crippen molar-refractivity contribution < 1.29 is 26.7 Å². The molecule has 0 saturated heterocycles. The highest BCUT2D eigenvalue weighted by molar-refractivity contribution is 5.90. The van der Waals surface area contributed by atoms with Crippen LogP contribution in [-0.4, -0.2) is 30.1 Å². The van der Waals surface area contributed by atoms with Gasteiger partial charge in [0.2, 0.25) is 5.91 Å². The number of anilines is 1. The van der Waals surface area contributed by atoms with Gasteiger partial charge in [-0.25, -0.2) is 18.7 Å². The van der Waals surface area contributed by atoms with Crippen LogP contribution in [0.4, 0.5) is 27.8 Å². The van der Waals surface area contributed by atoms with E-state index in [2.05, 4.69) is 20.4 Å². The van der Waals surface area contributed by atoms with Gasteiger partial charge in [-0.15, -0.1) is 0 Å². The van der Waals surface area contributed by atoms with E-state index in [-0.39, 0.29) is 16.7 Å². The van der Waals surface area contributed by atoms with Gasteiger partial charge in [0, 0.05) is 12.1 Å². The normalized spacial score (nSPS) is 11.9. The molecule has 0 saturated carbocycles. The van der Waals surface area contributed by atoms with Gasteiger partial charge in [-0.3, -0.25) is 14.2 Å². The molecule has 8 nitrogen and oxygen atoms in total. The number of hydrogen-bond donors (Lipinski definition) is 1. The first kappa shape index (κ1) is 19.4. The van der Waals surface area contributed by atoms with Crippen molar-refractivity contribution in [1.82, 2.24) is 24.1 Å². The zero-order chi connectivity index (χ0) is 21.6. The number of carbonyl (C=O) groups excluding carboxylic acids is 1. The molecule has 0 atom stereocenters. The van der Waals surface area contributed by atoms with Crippen LogP contribution in [0.3, 0.4) is 0 Å². The van der Waals surface area contributed by atoms with Gasteiger partial charge >= 0.3 is 6.18 Å². The van der Waals surface area contributed by atoms with Gasteiger partial charge in [-0.2, -0.15) is 22.8 Å². The predicted octanol–water partition coefficient (Wildman–Crippen LogP) is 2.37. The smallest absolute Gasteiger partial charge is 0.307 e. The molecule has 0 aliphatic carbocycles. The molecule has 4 heterocycles. The Bertz CT molecular complexity index is 1360. The van der Waals surface area contributed by atoms with Crippen molar-refractivity contribution in [3.05, 3.63) is 64.3 Å². The topological polar surface area (TPSA) is 94.2 Å². The largest absolute Gasteiger partial charge is 0.433 e. The second-order valence-corrected chi connectivity index (χ2v) is 6.09. The predicted molar refractivity (Wildman–Crippen MR) is 92.5 cm³/mol. The fourth-order valence-electron chi connectivity index (χ4n) is 2.82. The molecule has 4 aromatic rings. The summed E-state index contributed by atoms with van der Waals surface area (Å²) in [4.78, 5) is 32.0. The monoisotopic (exact) mass is 424 g/mol. The Hall–Kier alpha value is -3.90. The number of rotatable bonds is 3. The van der Waals surface area contributed by atoms with Crippen LogP contribution in [0.2, 0.25) is 0 Å². The average molecular weight is 424 g/mol. The summed E-state index contributed by atoms with van der Waals surface area (Å²) < 4.78 is 67.4. The van der Waals surface area contributed by atoms with Crippen molar-refractivity contribution >= 4 is 28.4 Å². The molecular formula is C17H9F5N6O2. The van der Waals surface area contributed by atoms with Crippen molar-refractivity contribution in [2.45, 2.75) is 12.7 Å². The van der Waals surface area contributed by atoms with Crippen molar-refractivity contribution in [3.8, 4) is 0 Å². The molecular weight excluding hydrogens is 415 g/mol. The lowest BCUT2D eigenvalue weighted by Crippen LogP contribution is -2.30. The minimum atomic E-state index is -4.73. The standard InChI is InChI=1S/C17H9F5N6O2/c18-8-5-10(19)14(23-6-8)26-12(29)7-27-13-3-4-24-28(13)15-9(16(27)30)1-2-11(25-15)17(20,21)22/h1-6H,7H2,(H,23,26,29). The lowest BCUT2D eigenvalue weighted by Gasteiger charge is -2.12. The molecule has 0 bridgehead atoms. The van der Waals surface area contributed by atoms with Gasteiger partial charge in [0.05, 0.1) is 17.8 Å². The van der Waals surface area contributed by atoms with Gasteiger partial charge in [-0.05, 0) is 12.1 Å². The van der Waals surface area contributed by atoms with E-state index in [9.17, 15) is 31.5 Å². The Morgan fingerprint density at radius 1 is 1.17 bits per heavy atom. The molecule has 154 valence electrons. The Morgan fingerprint density at radius 3 is 2.63 bits per heavy atom. The fourth-order valence-corrected chi connectivity index (χ4v) is 2.82. The molecule has 30 heavy (non-hydrogen) atoms. The van der Waals surface area contributed by atoms with E-state index in [4.69, 9.17) is 0 Å². The number of carbonyl (C=O) groups is 1. The summed E-state index contributed by atoms with van der Waals surface area (Å²) in [5.41, 5.74) is -2.36. The number of alkyl halides is 3. The molecule has 1 amide bonds. The highest BCUT2D eigenvalue weighted by Crippen LogP contribution is 2.28. The maximum Gasteiger partial charge on any atom is 0.433 e. The summed E-state index contributed by atoms with van der Waals surface area (Å²) in [7, 11) is 0. The SMILES string of the molecule is O=C(Cn1c(=O)c2ccc(C(F)(F)F)nc2n2nccc12)Nc1ncc(F)cc1F. The maximum atomic E-state index is 13.7. The molecule has 0 aliphatic rings. The number of halogens is 5. The number of pyridine rings is 2. The molecule has 1 N–H and O–H groups in total. The quantitative estimate of drug-likeness (QED) is 0.510. The number of nitrogens with one attached hydrogen (secondary N) is 1. The van der Waals surface area contributed by atoms with E-state index in [1.807, 2.05) is 0 Å². The van der Waals surface area contributed by atoms with Gasteiger partial charge in [0.1, 0.15) is 23.7 Å². The Balaban J connectivity index is 1.77. The van der Waals surface area contributed by atoms with Crippen LogP contribution in [0.1, 0.15) is 5.69 Å². The summed E-state index contributed by atoms with van der Waals surface area (Å²) in [6, 6.07) is 3.39. The first-order chi connectivity index (χ1) is 14.1. The summed E-state index contributed by atoms with van der Waals surface area (Å²) in [5, 5.41) is 5.76. The van der Waals surface area contributed by atoms with Crippen molar-refractivity contribution in [3.63, 3.8) is 0 Å². The molecule has 0 aliphatic heterocycles. The third-order valence-electron chi connectivity index (χ3n) is 4.11. The van der Waals surface area contributed by atoms with Crippen LogP contribution in [0.25, 0.3) is 16.7 Å². The van der Waals surface area contributed by atoms with Crippen molar-refractivity contribution in [1.29, 1.82) is 0 Å². The molecule has 0 aromatic carbocycles. The minimum Gasteiger partial charge on any atom is -0.307 e. The fraction of sp³-hybridized carbons (Fsp3) is 0.118. The van der Waals surface area contributed by atoms with Gasteiger partial charge in [-0.1, -0.05) is 0 Å². The van der Waals surface area contributed by atoms with E-state index in [1.165, 1.54) is 12.3 Å². The summed E-state index contributed by atoms with van der Waals surface area (Å²) in [5.74, 6) is -3.48. The molecule has 4 rings (SSSR count). The summed E-state index contributed by atoms with van der Waals surface area (Å²) in [6.07, 6.45) is -2.82. The first-order valence-corrected chi connectivity index (χ1v) is 8.20. The van der Waals surface area contributed by atoms with Gasteiger partial charge in [0.25, 0.3) is 5.56 Å². The van der Waals surface area contributed by atoms with E-state index >= 15 is 0 Å². The van der Waals surface area contributed by atoms with Crippen LogP contribution >= 0.6 is 0 Å². The van der Waals surface area contributed by atoms with Crippen LogP contribution in [0.5, 0.6) is 0 Å². The van der Waals surface area contributed by atoms with Crippen molar-refractivity contribution in [2.24, 2.45) is 0 Å². The van der Waals surface area contributed by atoms with Crippen LogP contribution in [-0.2, 0) is 17.5 Å². The highest BCUT2D eigenvalue weighted by atomic mass is 19.4. The van der Waals surface area contributed by atoms with Gasteiger partial charge < -0.3 is 5.32 Å². The molecule has 0 unspecified atom stereocenters. The second kappa shape index (κ2) is 6.86. The van der Waals surface area contributed by atoms with E-state index in [0.717, 1.165) is 15.1 Å². The third-order valence-corrected chi connectivity index (χ3v) is 4.11.